The molecule has 0 saturated heterocycles. The molecular weight excluding hydrogens is 412 g/mol. The molecule has 0 atom stereocenters. The van der Waals surface area contributed by atoms with Crippen LogP contribution < -0.4 is 10.1 Å². The Morgan fingerprint density at radius 1 is 1.14 bits per heavy atom. The van der Waals surface area contributed by atoms with Crippen molar-refractivity contribution in [2.24, 2.45) is 0 Å². The molecule has 2 aromatic rings. The summed E-state index contributed by atoms with van der Waals surface area (Å²) in [7, 11) is 0. The molecule has 2 aromatic carbocycles. The number of nitrogens with one attached hydrogen (secondary N) is 1. The summed E-state index contributed by atoms with van der Waals surface area (Å²) in [5.74, 6) is 0.129. The normalized spacial score (nSPS) is 10.4. The van der Waals surface area contributed by atoms with Crippen LogP contribution in [0.5, 0.6) is 5.75 Å². The standard InChI is InChI=1S/C15H11BrCl3NO2/c1-2-22-14-4-3-8(16)5-9(14)15(21)20-13-7-11(18)10(17)6-12(13)19/h3-7H,2H2,1H3,(H,20,21). The Morgan fingerprint density at radius 2 is 1.82 bits per heavy atom. The van der Waals surface area contributed by atoms with Gasteiger partial charge >= 0.3 is 0 Å². The first-order valence-electron chi connectivity index (χ1n) is 6.30. The average Bonchev–Trinajstić information content (AvgIpc) is 2.46. The first-order chi connectivity index (χ1) is 10.4. The second-order valence-electron chi connectivity index (χ2n) is 4.27. The Kier molecular flexibility index (Phi) is 5.98. The van der Waals surface area contributed by atoms with E-state index in [0.717, 1.165) is 4.47 Å². The van der Waals surface area contributed by atoms with Crippen molar-refractivity contribution in [2.45, 2.75) is 6.92 Å². The summed E-state index contributed by atoms with van der Waals surface area (Å²) in [5.41, 5.74) is 0.766. The van der Waals surface area contributed by atoms with Gasteiger partial charge in [0, 0.05) is 4.47 Å². The maximum atomic E-state index is 12.5. The minimum absolute atomic E-state index is 0.302. The van der Waals surface area contributed by atoms with E-state index in [-0.39, 0.29) is 5.91 Å². The summed E-state index contributed by atoms with van der Waals surface area (Å²) in [6, 6.07) is 8.17. The quantitative estimate of drug-likeness (QED) is 0.607. The predicted molar refractivity (Wildman–Crippen MR) is 94.7 cm³/mol. The van der Waals surface area contributed by atoms with Crippen LogP contribution in [0, 0.1) is 0 Å². The summed E-state index contributed by atoms with van der Waals surface area (Å²) in [6.07, 6.45) is 0. The Balaban J connectivity index is 2.33. The summed E-state index contributed by atoms with van der Waals surface area (Å²) >= 11 is 21.2. The van der Waals surface area contributed by atoms with Gasteiger partial charge in [0.1, 0.15) is 5.75 Å². The molecule has 0 fully saturated rings. The number of hydrogen-bond donors (Lipinski definition) is 1. The lowest BCUT2D eigenvalue weighted by atomic mass is 10.2. The highest BCUT2D eigenvalue weighted by molar-refractivity contribution is 9.10. The second-order valence-corrected chi connectivity index (χ2v) is 6.41. The van der Waals surface area contributed by atoms with Gasteiger partial charge in [0.05, 0.1) is 32.9 Å². The number of rotatable bonds is 4. The van der Waals surface area contributed by atoms with Crippen LogP contribution in [0.1, 0.15) is 17.3 Å². The van der Waals surface area contributed by atoms with Gasteiger partial charge in [-0.25, -0.2) is 0 Å². The molecule has 116 valence electrons. The summed E-state index contributed by atoms with van der Waals surface area (Å²) in [4.78, 5) is 12.5. The molecule has 0 aliphatic carbocycles. The zero-order valence-corrected chi connectivity index (χ0v) is 15.3. The van der Waals surface area contributed by atoms with Gasteiger partial charge in [0.15, 0.2) is 0 Å². The van der Waals surface area contributed by atoms with Crippen molar-refractivity contribution in [3.63, 3.8) is 0 Å². The lowest BCUT2D eigenvalue weighted by molar-refractivity contribution is 0.102. The highest BCUT2D eigenvalue weighted by atomic mass is 79.9. The monoisotopic (exact) mass is 421 g/mol. The third kappa shape index (κ3) is 4.07. The molecule has 22 heavy (non-hydrogen) atoms. The van der Waals surface area contributed by atoms with E-state index in [0.29, 0.717) is 38.7 Å². The van der Waals surface area contributed by atoms with Crippen LogP contribution in [0.25, 0.3) is 0 Å². The van der Waals surface area contributed by atoms with E-state index in [1.54, 1.807) is 18.2 Å². The van der Waals surface area contributed by atoms with E-state index in [1.165, 1.54) is 12.1 Å². The fraction of sp³-hybridized carbons (Fsp3) is 0.133. The number of amides is 1. The van der Waals surface area contributed by atoms with Gasteiger partial charge < -0.3 is 10.1 Å². The van der Waals surface area contributed by atoms with Crippen LogP contribution in [0.4, 0.5) is 5.69 Å². The molecule has 0 saturated carbocycles. The van der Waals surface area contributed by atoms with E-state index in [2.05, 4.69) is 21.2 Å². The topological polar surface area (TPSA) is 38.3 Å². The molecule has 0 aliphatic rings. The average molecular weight is 424 g/mol. The maximum Gasteiger partial charge on any atom is 0.259 e. The van der Waals surface area contributed by atoms with Crippen LogP contribution in [-0.2, 0) is 0 Å². The molecule has 0 heterocycles. The molecule has 0 radical (unpaired) electrons. The van der Waals surface area contributed by atoms with Crippen LogP contribution >= 0.6 is 50.7 Å². The molecular formula is C15H11BrCl3NO2. The smallest absolute Gasteiger partial charge is 0.259 e. The number of benzene rings is 2. The number of carbonyl (C=O) groups is 1. The largest absolute Gasteiger partial charge is 0.493 e. The van der Waals surface area contributed by atoms with Crippen molar-refractivity contribution in [2.75, 3.05) is 11.9 Å². The van der Waals surface area contributed by atoms with E-state index in [1.807, 2.05) is 6.92 Å². The first-order valence-corrected chi connectivity index (χ1v) is 8.23. The van der Waals surface area contributed by atoms with Crippen molar-refractivity contribution in [3.8, 4) is 5.75 Å². The van der Waals surface area contributed by atoms with E-state index >= 15 is 0 Å². The van der Waals surface area contributed by atoms with Crippen molar-refractivity contribution >= 4 is 62.3 Å². The Morgan fingerprint density at radius 3 is 2.50 bits per heavy atom. The van der Waals surface area contributed by atoms with Gasteiger partial charge in [-0.15, -0.1) is 0 Å². The number of anilines is 1. The number of ether oxygens (including phenoxy) is 1. The van der Waals surface area contributed by atoms with Crippen molar-refractivity contribution < 1.29 is 9.53 Å². The highest BCUT2D eigenvalue weighted by Crippen LogP contribution is 2.33. The van der Waals surface area contributed by atoms with Crippen molar-refractivity contribution in [3.05, 3.63) is 55.4 Å². The van der Waals surface area contributed by atoms with Crippen LogP contribution in [0.3, 0.4) is 0 Å². The number of hydrogen-bond acceptors (Lipinski definition) is 2. The van der Waals surface area contributed by atoms with E-state index in [4.69, 9.17) is 39.5 Å². The fourth-order valence-corrected chi connectivity index (χ4v) is 2.72. The summed E-state index contributed by atoms with van der Waals surface area (Å²) in [5, 5.41) is 3.63. The van der Waals surface area contributed by atoms with Crippen LogP contribution in [0.2, 0.25) is 15.1 Å². The van der Waals surface area contributed by atoms with E-state index < -0.39 is 0 Å². The highest BCUT2D eigenvalue weighted by Gasteiger charge is 2.15. The Hall–Kier alpha value is -0.940. The molecule has 0 aliphatic heterocycles. The number of carbonyl (C=O) groups excluding carboxylic acids is 1. The first kappa shape index (κ1) is 17.4. The van der Waals surface area contributed by atoms with Crippen molar-refractivity contribution in [1.82, 2.24) is 0 Å². The SMILES string of the molecule is CCOc1ccc(Br)cc1C(=O)Nc1cc(Cl)c(Cl)cc1Cl. The van der Waals surface area contributed by atoms with Gasteiger partial charge in [-0.2, -0.15) is 0 Å². The molecule has 0 aromatic heterocycles. The zero-order valence-electron chi connectivity index (χ0n) is 11.4. The molecule has 1 N–H and O–H groups in total. The van der Waals surface area contributed by atoms with Crippen LogP contribution in [0.15, 0.2) is 34.8 Å². The fourth-order valence-electron chi connectivity index (χ4n) is 1.77. The molecule has 1 amide bonds. The lowest BCUT2D eigenvalue weighted by Gasteiger charge is -2.12. The molecule has 0 unspecified atom stereocenters. The third-order valence-corrected chi connectivity index (χ3v) is 4.27. The van der Waals surface area contributed by atoms with Gasteiger partial charge in [-0.1, -0.05) is 50.7 Å². The van der Waals surface area contributed by atoms with Crippen molar-refractivity contribution in [1.29, 1.82) is 0 Å². The zero-order chi connectivity index (χ0) is 16.3. The molecule has 0 spiro atoms. The lowest BCUT2D eigenvalue weighted by Crippen LogP contribution is -2.14. The van der Waals surface area contributed by atoms with E-state index in [9.17, 15) is 4.79 Å². The molecule has 0 bridgehead atoms. The minimum Gasteiger partial charge on any atom is -0.493 e. The predicted octanol–water partition coefficient (Wildman–Crippen LogP) is 6.06. The minimum atomic E-state index is -0.356. The van der Waals surface area contributed by atoms with Gasteiger partial charge in [-0.05, 0) is 37.3 Å². The Bertz CT molecular complexity index is 722. The second kappa shape index (κ2) is 7.55. The summed E-state index contributed by atoms with van der Waals surface area (Å²) in [6.45, 7) is 2.30. The van der Waals surface area contributed by atoms with Crippen LogP contribution in [-0.4, -0.2) is 12.5 Å². The Labute approximate surface area is 151 Å². The number of halogens is 4. The third-order valence-electron chi connectivity index (χ3n) is 2.74. The van der Waals surface area contributed by atoms with Gasteiger partial charge in [0.25, 0.3) is 5.91 Å². The molecule has 7 heteroatoms. The van der Waals surface area contributed by atoms with Gasteiger partial charge in [0.2, 0.25) is 0 Å². The molecule has 2 rings (SSSR count). The molecule has 3 nitrogen and oxygen atoms in total. The maximum absolute atomic E-state index is 12.5. The summed E-state index contributed by atoms with van der Waals surface area (Å²) < 4.78 is 6.23. The van der Waals surface area contributed by atoms with Gasteiger partial charge in [-0.3, -0.25) is 4.79 Å².